The van der Waals surface area contributed by atoms with Crippen LogP contribution in [0, 0.1) is 13.8 Å². The van der Waals surface area contributed by atoms with E-state index in [-0.39, 0.29) is 11.9 Å². The number of aryl methyl sites for hydroxylation is 1. The summed E-state index contributed by atoms with van der Waals surface area (Å²) in [6.45, 7) is 4.05. The second kappa shape index (κ2) is 3.62. The highest BCUT2D eigenvalue weighted by Crippen LogP contribution is 2.22. The van der Waals surface area contributed by atoms with E-state index >= 15 is 0 Å². The van der Waals surface area contributed by atoms with Crippen molar-refractivity contribution in [3.05, 3.63) is 34.9 Å². The van der Waals surface area contributed by atoms with Crippen molar-refractivity contribution in [2.45, 2.75) is 19.9 Å². The van der Waals surface area contributed by atoms with Gasteiger partial charge in [-0.05, 0) is 42.8 Å². The lowest BCUT2D eigenvalue weighted by Crippen LogP contribution is -2.21. The van der Waals surface area contributed by atoms with Crippen LogP contribution in [0.25, 0.3) is 0 Å². The Kier molecular flexibility index (Phi) is 2.44. The molecule has 0 aromatic heterocycles. The fraction of sp³-hybridized carbons (Fsp3) is 0.273. The standard InChI is InChI=1S/C11H12N2OS/c1-6-4-3-5-8(7(6)2)9-10(14)13-11(15)12-9/h3-5,9H,1-2H3,(H2,12,13,14,15). The smallest absolute Gasteiger partial charge is 0.253 e. The van der Waals surface area contributed by atoms with Gasteiger partial charge in [0.2, 0.25) is 0 Å². The first-order chi connectivity index (χ1) is 7.09. The molecule has 0 spiro atoms. The number of thiocarbonyl (C=S) groups is 1. The monoisotopic (exact) mass is 220 g/mol. The third kappa shape index (κ3) is 1.72. The highest BCUT2D eigenvalue weighted by Gasteiger charge is 2.29. The largest absolute Gasteiger partial charge is 0.347 e. The van der Waals surface area contributed by atoms with Crippen molar-refractivity contribution < 1.29 is 4.79 Å². The van der Waals surface area contributed by atoms with Crippen molar-refractivity contribution in [1.29, 1.82) is 0 Å². The number of carbonyl (C=O) groups excluding carboxylic acids is 1. The van der Waals surface area contributed by atoms with Gasteiger partial charge in [-0.25, -0.2) is 0 Å². The molecule has 1 aromatic carbocycles. The van der Waals surface area contributed by atoms with E-state index in [2.05, 4.69) is 10.6 Å². The SMILES string of the molecule is Cc1cccc(C2NC(=S)NC2=O)c1C. The first-order valence-electron chi connectivity index (χ1n) is 4.77. The summed E-state index contributed by atoms with van der Waals surface area (Å²) in [6, 6.07) is 5.60. The number of nitrogens with one attached hydrogen (secondary N) is 2. The lowest BCUT2D eigenvalue weighted by atomic mass is 9.98. The topological polar surface area (TPSA) is 41.1 Å². The van der Waals surface area contributed by atoms with Gasteiger partial charge in [0.25, 0.3) is 5.91 Å². The van der Waals surface area contributed by atoms with Crippen LogP contribution in [0.1, 0.15) is 22.7 Å². The maximum absolute atomic E-state index is 11.6. The molecule has 1 heterocycles. The predicted molar refractivity (Wildman–Crippen MR) is 62.5 cm³/mol. The zero-order valence-electron chi connectivity index (χ0n) is 8.63. The third-order valence-corrected chi connectivity index (χ3v) is 2.95. The van der Waals surface area contributed by atoms with E-state index in [0.717, 1.165) is 11.1 Å². The van der Waals surface area contributed by atoms with Crippen LogP contribution in [0.5, 0.6) is 0 Å². The fourth-order valence-corrected chi connectivity index (χ4v) is 1.94. The number of carbonyl (C=O) groups is 1. The van der Waals surface area contributed by atoms with Gasteiger partial charge in [0.05, 0.1) is 0 Å². The van der Waals surface area contributed by atoms with Crippen molar-refractivity contribution >= 4 is 23.2 Å². The first kappa shape index (κ1) is 10.1. The molecule has 15 heavy (non-hydrogen) atoms. The molecule has 0 bridgehead atoms. The molecule has 2 N–H and O–H groups in total. The van der Waals surface area contributed by atoms with Gasteiger partial charge >= 0.3 is 0 Å². The molecule has 1 unspecified atom stereocenters. The normalized spacial score (nSPS) is 20.0. The van der Waals surface area contributed by atoms with Crippen molar-refractivity contribution in [2.75, 3.05) is 0 Å². The van der Waals surface area contributed by atoms with Crippen LogP contribution in [0.2, 0.25) is 0 Å². The van der Waals surface area contributed by atoms with Crippen LogP contribution >= 0.6 is 12.2 Å². The Morgan fingerprint density at radius 2 is 2.07 bits per heavy atom. The van der Waals surface area contributed by atoms with Gasteiger partial charge in [-0.1, -0.05) is 18.2 Å². The number of rotatable bonds is 1. The summed E-state index contributed by atoms with van der Waals surface area (Å²) >= 11 is 4.91. The number of hydrogen-bond acceptors (Lipinski definition) is 2. The van der Waals surface area contributed by atoms with Gasteiger partial charge in [-0.15, -0.1) is 0 Å². The minimum atomic E-state index is -0.336. The summed E-state index contributed by atoms with van der Waals surface area (Å²) in [6.07, 6.45) is 0. The summed E-state index contributed by atoms with van der Waals surface area (Å²) in [5, 5.41) is 5.96. The molecule has 0 aliphatic carbocycles. The zero-order valence-corrected chi connectivity index (χ0v) is 9.44. The van der Waals surface area contributed by atoms with E-state index in [9.17, 15) is 4.79 Å². The molecule has 0 radical (unpaired) electrons. The van der Waals surface area contributed by atoms with Gasteiger partial charge in [0.1, 0.15) is 6.04 Å². The molecule has 1 aliphatic heterocycles. The Morgan fingerprint density at radius 3 is 2.67 bits per heavy atom. The Bertz CT molecular complexity index is 442. The van der Waals surface area contributed by atoms with Crippen molar-refractivity contribution in [3.63, 3.8) is 0 Å². The average Bonchev–Trinajstić information content (AvgIpc) is 2.50. The molecule has 1 saturated heterocycles. The Morgan fingerprint density at radius 1 is 1.33 bits per heavy atom. The summed E-state index contributed by atoms with van der Waals surface area (Å²) in [5.74, 6) is -0.0753. The van der Waals surface area contributed by atoms with Gasteiger partial charge in [-0.3, -0.25) is 4.79 Å². The molecule has 3 nitrogen and oxygen atoms in total. The van der Waals surface area contributed by atoms with E-state index in [0.29, 0.717) is 5.11 Å². The second-order valence-corrected chi connectivity index (χ2v) is 4.09. The predicted octanol–water partition coefficient (Wildman–Crippen LogP) is 1.35. The highest BCUT2D eigenvalue weighted by molar-refractivity contribution is 7.80. The Labute approximate surface area is 93.9 Å². The second-order valence-electron chi connectivity index (χ2n) is 3.68. The summed E-state index contributed by atoms with van der Waals surface area (Å²) in [5.41, 5.74) is 3.31. The molecule has 0 saturated carbocycles. The van der Waals surface area contributed by atoms with Crippen LogP contribution in [-0.2, 0) is 4.79 Å². The highest BCUT2D eigenvalue weighted by atomic mass is 32.1. The molecule has 2 rings (SSSR count). The van der Waals surface area contributed by atoms with Crippen molar-refractivity contribution in [2.24, 2.45) is 0 Å². The molecule has 1 aromatic rings. The van der Waals surface area contributed by atoms with Crippen LogP contribution in [0.3, 0.4) is 0 Å². The van der Waals surface area contributed by atoms with Crippen molar-refractivity contribution in [3.8, 4) is 0 Å². The molecule has 1 atom stereocenters. The Hall–Kier alpha value is -1.42. The molecule has 4 heteroatoms. The maximum atomic E-state index is 11.6. The Balaban J connectivity index is 2.42. The lowest BCUT2D eigenvalue weighted by Gasteiger charge is -2.13. The molecule has 1 fully saturated rings. The van der Waals surface area contributed by atoms with E-state index in [1.807, 2.05) is 32.0 Å². The van der Waals surface area contributed by atoms with Crippen molar-refractivity contribution in [1.82, 2.24) is 10.6 Å². The molecule has 78 valence electrons. The minimum absolute atomic E-state index is 0.0753. The number of amides is 1. The van der Waals surface area contributed by atoms with E-state index in [1.165, 1.54) is 5.56 Å². The summed E-state index contributed by atoms with van der Waals surface area (Å²) < 4.78 is 0. The van der Waals surface area contributed by atoms with Crippen LogP contribution in [0.15, 0.2) is 18.2 Å². The quantitative estimate of drug-likeness (QED) is 0.702. The number of hydrogen-bond donors (Lipinski definition) is 2. The number of benzene rings is 1. The minimum Gasteiger partial charge on any atom is -0.347 e. The maximum Gasteiger partial charge on any atom is 0.253 e. The van der Waals surface area contributed by atoms with Gasteiger partial charge < -0.3 is 10.6 Å². The zero-order chi connectivity index (χ0) is 11.0. The van der Waals surface area contributed by atoms with E-state index in [4.69, 9.17) is 12.2 Å². The molecule has 1 amide bonds. The fourth-order valence-electron chi connectivity index (χ4n) is 1.72. The lowest BCUT2D eigenvalue weighted by molar-refractivity contribution is -0.120. The van der Waals surface area contributed by atoms with Gasteiger partial charge in [0.15, 0.2) is 5.11 Å². The van der Waals surface area contributed by atoms with Gasteiger partial charge in [-0.2, -0.15) is 0 Å². The van der Waals surface area contributed by atoms with Crippen LogP contribution < -0.4 is 10.6 Å². The van der Waals surface area contributed by atoms with Crippen LogP contribution in [0.4, 0.5) is 0 Å². The van der Waals surface area contributed by atoms with E-state index in [1.54, 1.807) is 0 Å². The summed E-state index contributed by atoms with van der Waals surface area (Å²) in [4.78, 5) is 11.6. The van der Waals surface area contributed by atoms with Gasteiger partial charge in [0, 0.05) is 0 Å². The molecular weight excluding hydrogens is 208 g/mol. The third-order valence-electron chi connectivity index (χ3n) is 2.73. The first-order valence-corrected chi connectivity index (χ1v) is 5.18. The summed E-state index contributed by atoms with van der Waals surface area (Å²) in [7, 11) is 0. The van der Waals surface area contributed by atoms with E-state index < -0.39 is 0 Å². The molecule has 1 aliphatic rings. The molecular formula is C11H12N2OS. The van der Waals surface area contributed by atoms with Crippen LogP contribution in [-0.4, -0.2) is 11.0 Å². The average molecular weight is 220 g/mol.